The smallest absolute Gasteiger partial charge is 0.0494 e. The Morgan fingerprint density at radius 2 is 1.57 bits per heavy atom. The second-order valence-electron chi connectivity index (χ2n) is 6.58. The van der Waals surface area contributed by atoms with Crippen LogP contribution in [0.15, 0.2) is 0 Å². The Morgan fingerprint density at radius 3 is 1.86 bits per heavy atom. The lowest BCUT2D eigenvalue weighted by Crippen LogP contribution is -2.35. The SMILES string of the molecule is CC(C)(CO)CNC1C(C)(C)C1(C)C. The lowest BCUT2D eigenvalue weighted by molar-refractivity contribution is 0.155. The number of aliphatic hydroxyl groups excluding tert-OH is 1. The van der Waals surface area contributed by atoms with Crippen LogP contribution in [0.5, 0.6) is 0 Å². The normalized spacial score (nSPS) is 25.1. The zero-order valence-electron chi connectivity index (χ0n) is 10.4. The summed E-state index contributed by atoms with van der Waals surface area (Å²) in [5.41, 5.74) is 0.770. The lowest BCUT2D eigenvalue weighted by Gasteiger charge is -2.22. The summed E-state index contributed by atoms with van der Waals surface area (Å²) in [5, 5.41) is 12.7. The molecule has 2 N–H and O–H groups in total. The molecule has 84 valence electrons. The van der Waals surface area contributed by atoms with Gasteiger partial charge in [-0.1, -0.05) is 41.5 Å². The second-order valence-corrected chi connectivity index (χ2v) is 6.58. The van der Waals surface area contributed by atoms with Gasteiger partial charge in [-0.15, -0.1) is 0 Å². The molecule has 0 bridgehead atoms. The van der Waals surface area contributed by atoms with Gasteiger partial charge in [0.05, 0.1) is 0 Å². The van der Waals surface area contributed by atoms with Gasteiger partial charge in [-0.2, -0.15) is 0 Å². The molecular formula is C12H25NO. The third kappa shape index (κ3) is 1.82. The Bertz CT molecular complexity index is 204. The standard InChI is InChI=1S/C12H25NO/c1-10(2,8-14)7-13-9-11(3,4)12(9,5)6/h9,13-14H,7-8H2,1-6H3. The molecule has 0 aromatic heterocycles. The van der Waals surface area contributed by atoms with Crippen LogP contribution in [0.25, 0.3) is 0 Å². The van der Waals surface area contributed by atoms with Crippen molar-refractivity contribution in [2.75, 3.05) is 13.2 Å². The van der Waals surface area contributed by atoms with Crippen LogP contribution in [0.4, 0.5) is 0 Å². The van der Waals surface area contributed by atoms with E-state index in [2.05, 4.69) is 46.9 Å². The van der Waals surface area contributed by atoms with Crippen molar-refractivity contribution in [2.45, 2.75) is 47.6 Å². The summed E-state index contributed by atoms with van der Waals surface area (Å²) in [6, 6.07) is 0.584. The van der Waals surface area contributed by atoms with E-state index in [1.165, 1.54) is 0 Å². The molecular weight excluding hydrogens is 174 g/mol. The summed E-state index contributed by atoms with van der Waals surface area (Å²) in [6.07, 6.45) is 0. The third-order valence-electron chi connectivity index (χ3n) is 4.23. The molecule has 1 rings (SSSR count). The van der Waals surface area contributed by atoms with Gasteiger partial charge in [0.1, 0.15) is 0 Å². The van der Waals surface area contributed by atoms with E-state index in [-0.39, 0.29) is 12.0 Å². The van der Waals surface area contributed by atoms with Crippen molar-refractivity contribution in [1.29, 1.82) is 0 Å². The number of hydrogen-bond acceptors (Lipinski definition) is 2. The van der Waals surface area contributed by atoms with Crippen LogP contribution in [0.1, 0.15) is 41.5 Å². The first-order chi connectivity index (χ1) is 6.15. The summed E-state index contributed by atoms with van der Waals surface area (Å²) >= 11 is 0. The predicted octanol–water partition coefficient (Wildman–Crippen LogP) is 2.03. The number of nitrogens with one attached hydrogen (secondary N) is 1. The van der Waals surface area contributed by atoms with Crippen LogP contribution in [0.2, 0.25) is 0 Å². The van der Waals surface area contributed by atoms with Crippen LogP contribution in [-0.4, -0.2) is 24.3 Å². The third-order valence-corrected chi connectivity index (χ3v) is 4.23. The summed E-state index contributed by atoms with van der Waals surface area (Å²) in [7, 11) is 0. The minimum atomic E-state index is -0.00521. The quantitative estimate of drug-likeness (QED) is 0.726. The van der Waals surface area contributed by atoms with E-state index in [1.807, 2.05) is 0 Å². The lowest BCUT2D eigenvalue weighted by atomic mass is 9.95. The summed E-state index contributed by atoms with van der Waals surface area (Å²) in [5.74, 6) is 0. The highest BCUT2D eigenvalue weighted by Gasteiger charge is 2.64. The maximum Gasteiger partial charge on any atom is 0.0494 e. The van der Waals surface area contributed by atoms with E-state index in [9.17, 15) is 0 Å². The van der Waals surface area contributed by atoms with Crippen molar-refractivity contribution < 1.29 is 5.11 Å². The number of hydrogen-bond donors (Lipinski definition) is 2. The fourth-order valence-corrected chi connectivity index (χ4v) is 2.14. The van der Waals surface area contributed by atoms with E-state index in [1.54, 1.807) is 0 Å². The first kappa shape index (κ1) is 12.0. The Hall–Kier alpha value is -0.0800. The largest absolute Gasteiger partial charge is 0.396 e. The average molecular weight is 199 g/mol. The molecule has 2 heteroatoms. The highest BCUT2D eigenvalue weighted by atomic mass is 16.3. The molecule has 0 aromatic carbocycles. The fraction of sp³-hybridized carbons (Fsp3) is 1.00. The van der Waals surface area contributed by atoms with E-state index < -0.39 is 0 Å². The zero-order valence-corrected chi connectivity index (χ0v) is 10.4. The second kappa shape index (κ2) is 3.21. The molecule has 1 aliphatic rings. The molecule has 0 aliphatic heterocycles. The van der Waals surface area contributed by atoms with Crippen molar-refractivity contribution in [1.82, 2.24) is 5.32 Å². The first-order valence-electron chi connectivity index (χ1n) is 5.49. The van der Waals surface area contributed by atoms with Crippen molar-refractivity contribution in [3.05, 3.63) is 0 Å². The fourth-order valence-electron chi connectivity index (χ4n) is 2.14. The van der Waals surface area contributed by atoms with E-state index in [0.717, 1.165) is 6.54 Å². The maximum absolute atomic E-state index is 9.15. The van der Waals surface area contributed by atoms with Gasteiger partial charge < -0.3 is 10.4 Å². The van der Waals surface area contributed by atoms with E-state index >= 15 is 0 Å². The van der Waals surface area contributed by atoms with Gasteiger partial charge in [0.2, 0.25) is 0 Å². The molecule has 0 atom stereocenters. The van der Waals surface area contributed by atoms with Gasteiger partial charge in [-0.05, 0) is 10.8 Å². The molecule has 2 nitrogen and oxygen atoms in total. The predicted molar refractivity (Wildman–Crippen MR) is 60.2 cm³/mol. The van der Waals surface area contributed by atoms with E-state index in [0.29, 0.717) is 16.9 Å². The summed E-state index contributed by atoms with van der Waals surface area (Å²) in [6.45, 7) is 14.5. The molecule has 1 aliphatic carbocycles. The van der Waals surface area contributed by atoms with E-state index in [4.69, 9.17) is 5.11 Å². The Kier molecular flexibility index (Phi) is 2.75. The Balaban J connectivity index is 2.43. The first-order valence-corrected chi connectivity index (χ1v) is 5.49. The van der Waals surface area contributed by atoms with Gasteiger partial charge in [0.25, 0.3) is 0 Å². The minimum Gasteiger partial charge on any atom is -0.396 e. The minimum absolute atomic E-state index is 0.00521. The Morgan fingerprint density at radius 1 is 1.14 bits per heavy atom. The molecule has 0 radical (unpaired) electrons. The monoisotopic (exact) mass is 199 g/mol. The van der Waals surface area contributed by atoms with Crippen LogP contribution in [0.3, 0.4) is 0 Å². The molecule has 14 heavy (non-hydrogen) atoms. The number of rotatable bonds is 4. The molecule has 1 saturated carbocycles. The molecule has 0 aromatic rings. The average Bonchev–Trinajstić information content (AvgIpc) is 2.41. The van der Waals surface area contributed by atoms with Gasteiger partial charge >= 0.3 is 0 Å². The summed E-state index contributed by atoms with van der Waals surface area (Å²) < 4.78 is 0. The van der Waals surface area contributed by atoms with Crippen molar-refractivity contribution in [3.63, 3.8) is 0 Å². The van der Waals surface area contributed by atoms with Crippen molar-refractivity contribution in [2.24, 2.45) is 16.2 Å². The van der Waals surface area contributed by atoms with Crippen molar-refractivity contribution >= 4 is 0 Å². The highest BCUT2D eigenvalue weighted by molar-refractivity contribution is 5.17. The van der Waals surface area contributed by atoms with Crippen LogP contribution in [-0.2, 0) is 0 Å². The van der Waals surface area contributed by atoms with Crippen LogP contribution < -0.4 is 5.32 Å². The molecule has 1 fully saturated rings. The number of aliphatic hydroxyl groups is 1. The Labute approximate surface area is 88.1 Å². The topological polar surface area (TPSA) is 32.3 Å². The molecule has 0 spiro atoms. The van der Waals surface area contributed by atoms with Gasteiger partial charge in [-0.25, -0.2) is 0 Å². The van der Waals surface area contributed by atoms with Gasteiger partial charge in [-0.3, -0.25) is 0 Å². The van der Waals surface area contributed by atoms with Crippen molar-refractivity contribution in [3.8, 4) is 0 Å². The van der Waals surface area contributed by atoms with Crippen LogP contribution >= 0.6 is 0 Å². The maximum atomic E-state index is 9.15. The molecule has 0 saturated heterocycles. The van der Waals surface area contributed by atoms with Crippen LogP contribution in [0, 0.1) is 16.2 Å². The molecule has 0 heterocycles. The molecule has 0 unspecified atom stereocenters. The van der Waals surface area contributed by atoms with Gasteiger partial charge in [0.15, 0.2) is 0 Å². The zero-order chi connectivity index (χ0) is 11.2. The van der Waals surface area contributed by atoms with Gasteiger partial charge in [0, 0.05) is 24.6 Å². The molecule has 0 amide bonds. The summed E-state index contributed by atoms with van der Waals surface area (Å²) in [4.78, 5) is 0. The highest BCUT2D eigenvalue weighted by Crippen LogP contribution is 2.62.